The second-order valence-electron chi connectivity index (χ2n) is 6.53. The smallest absolute Gasteiger partial charge is 0.240 e. The van der Waals surface area contributed by atoms with Crippen molar-refractivity contribution in [3.05, 3.63) is 11.7 Å². The Morgan fingerprint density at radius 1 is 1.46 bits per heavy atom. The van der Waals surface area contributed by atoms with Crippen molar-refractivity contribution >= 4 is 11.8 Å². The van der Waals surface area contributed by atoms with E-state index in [2.05, 4.69) is 15.0 Å². The van der Waals surface area contributed by atoms with Gasteiger partial charge in [-0.2, -0.15) is 16.7 Å². The maximum atomic E-state index is 8.98. The SMILES string of the molecule is CO[C@@]12CC[C@@H](OCCO)C[C@@H]1N(Cc1nc(CSC)no1)CC2. The number of ether oxygens (including phenoxy) is 2. The zero-order valence-electron chi connectivity index (χ0n) is 14.4. The third-order valence-electron chi connectivity index (χ3n) is 5.22. The van der Waals surface area contributed by atoms with E-state index in [0.717, 1.165) is 43.8 Å². The second-order valence-corrected chi connectivity index (χ2v) is 7.40. The molecular weight excluding hydrogens is 330 g/mol. The summed E-state index contributed by atoms with van der Waals surface area (Å²) in [5.41, 5.74) is -0.0960. The molecule has 24 heavy (non-hydrogen) atoms. The Labute approximate surface area is 147 Å². The number of thioether (sulfide) groups is 1. The van der Waals surface area contributed by atoms with Crippen LogP contribution in [0.15, 0.2) is 4.52 Å². The molecule has 3 rings (SSSR count). The van der Waals surface area contributed by atoms with E-state index in [4.69, 9.17) is 19.1 Å². The van der Waals surface area contributed by atoms with Gasteiger partial charge >= 0.3 is 0 Å². The van der Waals surface area contributed by atoms with Crippen molar-refractivity contribution in [3.63, 3.8) is 0 Å². The molecule has 2 heterocycles. The van der Waals surface area contributed by atoms with Gasteiger partial charge in [-0.25, -0.2) is 0 Å². The van der Waals surface area contributed by atoms with Crippen molar-refractivity contribution in [1.29, 1.82) is 0 Å². The minimum absolute atomic E-state index is 0.0699. The summed E-state index contributed by atoms with van der Waals surface area (Å²) in [6, 6.07) is 0.288. The van der Waals surface area contributed by atoms with E-state index in [1.807, 2.05) is 13.4 Å². The highest BCUT2D eigenvalue weighted by Gasteiger charge is 2.51. The summed E-state index contributed by atoms with van der Waals surface area (Å²) in [5.74, 6) is 2.19. The van der Waals surface area contributed by atoms with Crippen LogP contribution in [-0.2, 0) is 21.8 Å². The van der Waals surface area contributed by atoms with Gasteiger partial charge in [0.1, 0.15) is 0 Å². The average molecular weight is 357 g/mol. The van der Waals surface area contributed by atoms with Gasteiger partial charge in [-0.05, 0) is 31.9 Å². The largest absolute Gasteiger partial charge is 0.394 e. The molecule has 1 saturated heterocycles. The summed E-state index contributed by atoms with van der Waals surface area (Å²) >= 11 is 1.68. The lowest BCUT2D eigenvalue weighted by Crippen LogP contribution is -2.51. The Hall–Kier alpha value is -0.670. The van der Waals surface area contributed by atoms with Crippen LogP contribution in [0.4, 0.5) is 0 Å². The molecule has 7 nitrogen and oxygen atoms in total. The van der Waals surface area contributed by atoms with Crippen LogP contribution >= 0.6 is 11.8 Å². The van der Waals surface area contributed by atoms with Crippen LogP contribution in [0, 0.1) is 0 Å². The average Bonchev–Trinajstić information content (AvgIpc) is 3.19. The van der Waals surface area contributed by atoms with E-state index in [1.165, 1.54) is 0 Å². The predicted octanol–water partition coefficient (Wildman–Crippen LogP) is 1.45. The number of hydrogen-bond donors (Lipinski definition) is 1. The van der Waals surface area contributed by atoms with Gasteiger partial charge in [-0.1, -0.05) is 5.16 Å². The first-order chi connectivity index (χ1) is 11.7. The van der Waals surface area contributed by atoms with Crippen LogP contribution in [0.1, 0.15) is 37.4 Å². The molecule has 136 valence electrons. The number of aliphatic hydroxyl groups excluding tert-OH is 1. The molecular formula is C16H27N3O4S. The topological polar surface area (TPSA) is 80.9 Å². The number of likely N-dealkylation sites (tertiary alicyclic amines) is 1. The Kier molecular flexibility index (Phi) is 6.15. The van der Waals surface area contributed by atoms with Crippen LogP contribution < -0.4 is 0 Å². The van der Waals surface area contributed by atoms with E-state index in [9.17, 15) is 0 Å². The standard InChI is InChI=1S/C16H27N3O4S/c1-21-16-4-3-12(22-8-7-20)9-13(16)19(6-5-16)10-15-17-14(11-24-2)18-23-15/h12-13,20H,3-11H2,1-2H3/t12-,13+,16-/m1/s1. The molecule has 1 N–H and O–H groups in total. The molecule has 0 bridgehead atoms. The lowest BCUT2D eigenvalue weighted by atomic mass is 9.79. The van der Waals surface area contributed by atoms with Crippen LogP contribution in [0.3, 0.4) is 0 Å². The first-order valence-corrected chi connectivity index (χ1v) is 9.92. The molecule has 0 spiro atoms. The first kappa shape index (κ1) is 18.1. The highest BCUT2D eigenvalue weighted by Crippen LogP contribution is 2.43. The van der Waals surface area contributed by atoms with E-state index in [0.29, 0.717) is 19.0 Å². The van der Waals surface area contributed by atoms with Crippen molar-refractivity contribution < 1.29 is 19.1 Å². The molecule has 1 aliphatic heterocycles. The predicted molar refractivity (Wildman–Crippen MR) is 90.7 cm³/mol. The van der Waals surface area contributed by atoms with Crippen molar-refractivity contribution in [2.24, 2.45) is 0 Å². The minimum atomic E-state index is -0.0960. The van der Waals surface area contributed by atoms with Crippen LogP contribution in [0.2, 0.25) is 0 Å². The van der Waals surface area contributed by atoms with Gasteiger partial charge in [-0.15, -0.1) is 0 Å². The maximum absolute atomic E-state index is 8.98. The van der Waals surface area contributed by atoms with Gasteiger partial charge in [0.05, 0.1) is 37.2 Å². The van der Waals surface area contributed by atoms with Gasteiger partial charge in [-0.3, -0.25) is 4.90 Å². The number of fused-ring (bicyclic) bond motifs is 1. The first-order valence-electron chi connectivity index (χ1n) is 8.53. The van der Waals surface area contributed by atoms with E-state index < -0.39 is 0 Å². The van der Waals surface area contributed by atoms with E-state index >= 15 is 0 Å². The highest BCUT2D eigenvalue weighted by molar-refractivity contribution is 7.97. The molecule has 1 aromatic heterocycles. The maximum Gasteiger partial charge on any atom is 0.240 e. The summed E-state index contributed by atoms with van der Waals surface area (Å²) in [6.45, 7) is 2.09. The molecule has 0 aromatic carbocycles. The summed E-state index contributed by atoms with van der Waals surface area (Å²) in [5, 5.41) is 13.0. The van der Waals surface area contributed by atoms with Gasteiger partial charge in [0.2, 0.25) is 5.89 Å². The van der Waals surface area contributed by atoms with Crippen molar-refractivity contribution in [1.82, 2.24) is 15.0 Å². The quantitative estimate of drug-likeness (QED) is 0.749. The third kappa shape index (κ3) is 3.77. The summed E-state index contributed by atoms with van der Waals surface area (Å²) < 4.78 is 17.1. The van der Waals surface area contributed by atoms with Crippen LogP contribution in [0.5, 0.6) is 0 Å². The fourth-order valence-corrected chi connectivity index (χ4v) is 4.41. The van der Waals surface area contributed by atoms with Gasteiger partial charge in [0.15, 0.2) is 5.82 Å². The lowest BCUT2D eigenvalue weighted by molar-refractivity contribution is -0.105. The number of rotatable bonds is 8. The molecule has 0 unspecified atom stereocenters. The van der Waals surface area contributed by atoms with Crippen molar-refractivity contribution in [3.8, 4) is 0 Å². The Morgan fingerprint density at radius 3 is 3.08 bits per heavy atom. The Bertz CT molecular complexity index is 529. The summed E-state index contributed by atoms with van der Waals surface area (Å²) in [6.07, 6.45) is 6.12. The fourth-order valence-electron chi connectivity index (χ4n) is 4.03. The number of nitrogens with zero attached hydrogens (tertiary/aromatic N) is 3. The molecule has 0 radical (unpaired) electrons. The number of aromatic nitrogens is 2. The molecule has 8 heteroatoms. The van der Waals surface area contributed by atoms with E-state index in [1.54, 1.807) is 11.8 Å². The third-order valence-corrected chi connectivity index (χ3v) is 5.77. The number of aliphatic hydroxyl groups is 1. The lowest BCUT2D eigenvalue weighted by Gasteiger charge is -2.43. The van der Waals surface area contributed by atoms with E-state index in [-0.39, 0.29) is 24.4 Å². The normalized spacial score (nSPS) is 30.6. The van der Waals surface area contributed by atoms with Crippen LogP contribution in [-0.4, -0.2) is 71.0 Å². The highest BCUT2D eigenvalue weighted by atomic mass is 32.2. The number of hydrogen-bond acceptors (Lipinski definition) is 8. The van der Waals surface area contributed by atoms with Crippen molar-refractivity contribution in [2.45, 2.75) is 55.7 Å². The minimum Gasteiger partial charge on any atom is -0.394 e. The van der Waals surface area contributed by atoms with Gasteiger partial charge < -0.3 is 19.1 Å². The molecule has 2 fully saturated rings. The molecule has 1 aromatic rings. The van der Waals surface area contributed by atoms with Gasteiger partial charge in [0.25, 0.3) is 0 Å². The van der Waals surface area contributed by atoms with Crippen molar-refractivity contribution in [2.75, 3.05) is 33.1 Å². The molecule has 1 saturated carbocycles. The zero-order chi connectivity index (χ0) is 17.0. The fraction of sp³-hybridized carbons (Fsp3) is 0.875. The molecule has 0 amide bonds. The molecule has 3 atom stereocenters. The monoisotopic (exact) mass is 357 g/mol. The van der Waals surface area contributed by atoms with Gasteiger partial charge in [0, 0.05) is 19.7 Å². The Morgan fingerprint density at radius 2 is 2.33 bits per heavy atom. The Balaban J connectivity index is 1.66. The summed E-state index contributed by atoms with van der Waals surface area (Å²) in [7, 11) is 1.81. The number of methoxy groups -OCH3 is 1. The van der Waals surface area contributed by atoms with Crippen LogP contribution in [0.25, 0.3) is 0 Å². The zero-order valence-corrected chi connectivity index (χ0v) is 15.3. The summed E-state index contributed by atoms with van der Waals surface area (Å²) in [4.78, 5) is 6.86. The second kappa shape index (κ2) is 8.14. The molecule has 1 aliphatic carbocycles. The molecule has 2 aliphatic rings.